The number of nitrogens with zero attached hydrogens (tertiary/aromatic N) is 1. The maximum absolute atomic E-state index is 11.9. The molecule has 1 heterocycles. The maximum atomic E-state index is 11.9. The van der Waals surface area contributed by atoms with Gasteiger partial charge in [0, 0.05) is 16.8 Å². The number of H-pyrrole nitrogens is 1. The first-order valence-corrected chi connectivity index (χ1v) is 5.38. The first kappa shape index (κ1) is 10.4. The summed E-state index contributed by atoms with van der Waals surface area (Å²) in [7, 11) is 0. The molecule has 86 valence electrons. The van der Waals surface area contributed by atoms with E-state index in [2.05, 4.69) is 4.98 Å². The lowest BCUT2D eigenvalue weighted by molar-refractivity contribution is 0.476. The molecule has 0 amide bonds. The number of benzene rings is 2. The third-order valence-electron chi connectivity index (χ3n) is 2.93. The van der Waals surface area contributed by atoms with Gasteiger partial charge in [0.2, 0.25) is 0 Å². The molecular formula is C14H8N2O2. The van der Waals surface area contributed by atoms with Gasteiger partial charge in [-0.3, -0.25) is 4.79 Å². The van der Waals surface area contributed by atoms with Crippen LogP contribution in [0, 0.1) is 11.3 Å². The number of hydrogen-bond donors (Lipinski definition) is 2. The zero-order valence-corrected chi connectivity index (χ0v) is 9.27. The fourth-order valence-electron chi connectivity index (χ4n) is 2.10. The Hall–Kier alpha value is -2.80. The van der Waals surface area contributed by atoms with Crippen molar-refractivity contribution in [3.63, 3.8) is 0 Å². The summed E-state index contributed by atoms with van der Waals surface area (Å²) in [6.45, 7) is 0. The number of aromatic hydroxyl groups is 1. The topological polar surface area (TPSA) is 76.9 Å². The van der Waals surface area contributed by atoms with Crippen LogP contribution in [0.15, 0.2) is 41.2 Å². The van der Waals surface area contributed by atoms with Gasteiger partial charge in [0.1, 0.15) is 5.75 Å². The summed E-state index contributed by atoms with van der Waals surface area (Å²) in [5.74, 6) is 0.103. The Morgan fingerprint density at radius 1 is 1.06 bits per heavy atom. The van der Waals surface area contributed by atoms with Crippen molar-refractivity contribution in [3.05, 3.63) is 52.3 Å². The number of aromatic nitrogens is 1. The Labute approximate surface area is 102 Å². The first-order chi connectivity index (χ1) is 8.69. The molecule has 2 aromatic carbocycles. The Morgan fingerprint density at radius 2 is 1.83 bits per heavy atom. The number of pyridine rings is 1. The van der Waals surface area contributed by atoms with E-state index in [1.807, 2.05) is 6.07 Å². The second-order valence-corrected chi connectivity index (χ2v) is 4.06. The largest absolute Gasteiger partial charge is 0.508 e. The van der Waals surface area contributed by atoms with Crippen molar-refractivity contribution in [2.75, 3.05) is 0 Å². The molecule has 18 heavy (non-hydrogen) atoms. The highest BCUT2D eigenvalue weighted by Gasteiger charge is 2.06. The normalized spacial score (nSPS) is 10.6. The maximum Gasteiger partial charge on any atom is 0.256 e. The van der Waals surface area contributed by atoms with Crippen LogP contribution in [0.4, 0.5) is 0 Å². The molecule has 0 atom stereocenters. The molecule has 2 N–H and O–H groups in total. The Kier molecular flexibility index (Phi) is 2.07. The molecule has 0 aliphatic heterocycles. The monoisotopic (exact) mass is 236 g/mol. The van der Waals surface area contributed by atoms with E-state index in [0.717, 1.165) is 10.8 Å². The van der Waals surface area contributed by atoms with Gasteiger partial charge in [-0.25, -0.2) is 0 Å². The van der Waals surface area contributed by atoms with Gasteiger partial charge in [0.05, 0.1) is 17.1 Å². The van der Waals surface area contributed by atoms with Gasteiger partial charge in [0.25, 0.3) is 5.56 Å². The SMILES string of the molecule is N#Cc1ccc2c(c1)c(=O)[nH]c1cc(O)ccc12. The molecule has 0 unspecified atom stereocenters. The zero-order chi connectivity index (χ0) is 12.7. The lowest BCUT2D eigenvalue weighted by atomic mass is 10.0. The average Bonchev–Trinajstić information content (AvgIpc) is 2.38. The highest BCUT2D eigenvalue weighted by molar-refractivity contribution is 6.05. The van der Waals surface area contributed by atoms with E-state index in [1.165, 1.54) is 6.07 Å². The van der Waals surface area contributed by atoms with Crippen LogP contribution in [-0.4, -0.2) is 10.1 Å². The van der Waals surface area contributed by atoms with Gasteiger partial charge in [-0.05, 0) is 29.7 Å². The van der Waals surface area contributed by atoms with Gasteiger partial charge >= 0.3 is 0 Å². The number of rotatable bonds is 0. The lowest BCUT2D eigenvalue weighted by Gasteiger charge is -2.04. The predicted molar refractivity (Wildman–Crippen MR) is 68.5 cm³/mol. The summed E-state index contributed by atoms with van der Waals surface area (Å²) in [6, 6.07) is 11.8. The van der Waals surface area contributed by atoms with Crippen molar-refractivity contribution in [1.82, 2.24) is 4.98 Å². The molecule has 4 nitrogen and oxygen atoms in total. The van der Waals surface area contributed by atoms with Gasteiger partial charge in [0.15, 0.2) is 0 Å². The molecule has 1 aromatic heterocycles. The third kappa shape index (κ3) is 1.42. The smallest absolute Gasteiger partial charge is 0.256 e. The van der Waals surface area contributed by atoms with E-state index in [9.17, 15) is 9.90 Å². The van der Waals surface area contributed by atoms with E-state index in [-0.39, 0.29) is 11.3 Å². The average molecular weight is 236 g/mol. The summed E-state index contributed by atoms with van der Waals surface area (Å²) < 4.78 is 0. The summed E-state index contributed by atoms with van der Waals surface area (Å²) in [6.07, 6.45) is 0. The Morgan fingerprint density at radius 3 is 2.61 bits per heavy atom. The van der Waals surface area contributed by atoms with Gasteiger partial charge in [-0.1, -0.05) is 6.07 Å². The van der Waals surface area contributed by atoms with Crippen molar-refractivity contribution in [2.45, 2.75) is 0 Å². The molecule has 0 aliphatic rings. The van der Waals surface area contributed by atoms with Crippen molar-refractivity contribution < 1.29 is 5.11 Å². The van der Waals surface area contributed by atoms with E-state index >= 15 is 0 Å². The van der Waals surface area contributed by atoms with E-state index in [0.29, 0.717) is 16.5 Å². The van der Waals surface area contributed by atoms with Crippen LogP contribution in [0.5, 0.6) is 5.75 Å². The summed E-state index contributed by atoms with van der Waals surface area (Å²) in [5, 5.41) is 20.3. The number of hydrogen-bond acceptors (Lipinski definition) is 3. The number of phenols is 1. The molecule has 0 spiro atoms. The molecule has 0 saturated carbocycles. The molecule has 0 bridgehead atoms. The highest BCUT2D eigenvalue weighted by Crippen LogP contribution is 2.24. The van der Waals surface area contributed by atoms with Gasteiger partial charge in [-0.15, -0.1) is 0 Å². The predicted octanol–water partition coefficient (Wildman–Crippen LogP) is 2.26. The second-order valence-electron chi connectivity index (χ2n) is 4.06. The zero-order valence-electron chi connectivity index (χ0n) is 9.27. The molecule has 3 rings (SSSR count). The van der Waals surface area contributed by atoms with Crippen LogP contribution < -0.4 is 5.56 Å². The second kappa shape index (κ2) is 3.60. The minimum absolute atomic E-state index is 0.103. The summed E-state index contributed by atoms with van der Waals surface area (Å²) in [5.41, 5.74) is 0.767. The quantitative estimate of drug-likeness (QED) is 0.588. The molecule has 3 aromatic rings. The third-order valence-corrected chi connectivity index (χ3v) is 2.93. The van der Waals surface area contributed by atoms with E-state index in [4.69, 9.17) is 5.26 Å². The van der Waals surface area contributed by atoms with E-state index in [1.54, 1.807) is 30.3 Å². The van der Waals surface area contributed by atoms with Crippen LogP contribution >= 0.6 is 0 Å². The van der Waals surface area contributed by atoms with Crippen LogP contribution in [0.3, 0.4) is 0 Å². The summed E-state index contributed by atoms with van der Waals surface area (Å²) >= 11 is 0. The lowest BCUT2D eigenvalue weighted by Crippen LogP contribution is -2.06. The minimum Gasteiger partial charge on any atom is -0.508 e. The van der Waals surface area contributed by atoms with Crippen LogP contribution in [0.25, 0.3) is 21.7 Å². The van der Waals surface area contributed by atoms with Crippen LogP contribution in [0.1, 0.15) is 5.56 Å². The highest BCUT2D eigenvalue weighted by atomic mass is 16.3. The van der Waals surface area contributed by atoms with Crippen LogP contribution in [-0.2, 0) is 0 Å². The van der Waals surface area contributed by atoms with Crippen molar-refractivity contribution >= 4 is 21.7 Å². The summed E-state index contributed by atoms with van der Waals surface area (Å²) in [4.78, 5) is 14.6. The van der Waals surface area contributed by atoms with Crippen molar-refractivity contribution in [2.24, 2.45) is 0 Å². The number of nitriles is 1. The van der Waals surface area contributed by atoms with Gasteiger partial charge < -0.3 is 10.1 Å². The van der Waals surface area contributed by atoms with Crippen LogP contribution in [0.2, 0.25) is 0 Å². The number of phenolic OH excluding ortho intramolecular Hbond substituents is 1. The number of aromatic amines is 1. The molecule has 0 fully saturated rings. The fourth-order valence-corrected chi connectivity index (χ4v) is 2.10. The van der Waals surface area contributed by atoms with Gasteiger partial charge in [-0.2, -0.15) is 5.26 Å². The first-order valence-electron chi connectivity index (χ1n) is 5.38. The number of fused-ring (bicyclic) bond motifs is 3. The van der Waals surface area contributed by atoms with E-state index < -0.39 is 0 Å². The fraction of sp³-hybridized carbons (Fsp3) is 0. The molecular weight excluding hydrogens is 228 g/mol. The molecule has 0 saturated heterocycles. The molecule has 4 heteroatoms. The molecule has 0 aliphatic carbocycles. The standard InChI is InChI=1S/C14H8N2O2/c15-7-8-1-3-10-11-4-2-9(17)6-13(11)16-14(18)12(10)5-8/h1-6,17H,(H,16,18). The van der Waals surface area contributed by atoms with Crippen molar-refractivity contribution in [3.8, 4) is 11.8 Å². The minimum atomic E-state index is -0.264. The number of nitrogens with one attached hydrogen (secondary N) is 1. The van der Waals surface area contributed by atoms with Crippen molar-refractivity contribution in [1.29, 1.82) is 5.26 Å². The Balaban J connectivity index is 2.56. The molecule has 0 radical (unpaired) electrons. The Bertz CT molecular complexity index is 872.